The normalized spacial score (nSPS) is 17.2. The summed E-state index contributed by atoms with van der Waals surface area (Å²) < 4.78 is 0. The SMILES string of the molecule is CC(N)c1ccc(C(=O)NC2CC2)cc1. The first-order valence-electron chi connectivity index (χ1n) is 5.33. The maximum Gasteiger partial charge on any atom is 0.251 e. The molecule has 0 aromatic heterocycles. The van der Waals surface area contributed by atoms with Gasteiger partial charge in [0.1, 0.15) is 0 Å². The fourth-order valence-electron chi connectivity index (χ4n) is 1.43. The van der Waals surface area contributed by atoms with Crippen LogP contribution in [-0.4, -0.2) is 11.9 Å². The van der Waals surface area contributed by atoms with E-state index in [0.29, 0.717) is 11.6 Å². The molecule has 1 unspecified atom stereocenters. The molecule has 0 saturated heterocycles. The van der Waals surface area contributed by atoms with Crippen LogP contribution in [0.25, 0.3) is 0 Å². The lowest BCUT2D eigenvalue weighted by atomic mass is 10.1. The first-order valence-corrected chi connectivity index (χ1v) is 5.33. The van der Waals surface area contributed by atoms with Gasteiger partial charge in [0.25, 0.3) is 5.91 Å². The van der Waals surface area contributed by atoms with Crippen LogP contribution in [0, 0.1) is 0 Å². The van der Waals surface area contributed by atoms with E-state index in [-0.39, 0.29) is 11.9 Å². The molecule has 1 aliphatic carbocycles. The Morgan fingerprint density at radius 3 is 2.47 bits per heavy atom. The first kappa shape index (κ1) is 10.2. The van der Waals surface area contributed by atoms with Crippen LogP contribution in [0.2, 0.25) is 0 Å². The van der Waals surface area contributed by atoms with Gasteiger partial charge < -0.3 is 11.1 Å². The van der Waals surface area contributed by atoms with Gasteiger partial charge in [-0.15, -0.1) is 0 Å². The molecule has 1 saturated carbocycles. The van der Waals surface area contributed by atoms with Gasteiger partial charge in [-0.05, 0) is 37.5 Å². The van der Waals surface area contributed by atoms with Gasteiger partial charge in [-0.3, -0.25) is 4.79 Å². The number of rotatable bonds is 3. The van der Waals surface area contributed by atoms with Crippen LogP contribution in [0.1, 0.15) is 41.7 Å². The lowest BCUT2D eigenvalue weighted by Gasteiger charge is -2.07. The van der Waals surface area contributed by atoms with Gasteiger partial charge in [0, 0.05) is 17.6 Å². The number of nitrogens with two attached hydrogens (primary N) is 1. The van der Waals surface area contributed by atoms with Crippen molar-refractivity contribution in [1.82, 2.24) is 5.32 Å². The summed E-state index contributed by atoms with van der Waals surface area (Å²) in [7, 11) is 0. The van der Waals surface area contributed by atoms with E-state index >= 15 is 0 Å². The Balaban J connectivity index is 2.04. The molecule has 3 N–H and O–H groups in total. The zero-order valence-electron chi connectivity index (χ0n) is 8.86. The summed E-state index contributed by atoms with van der Waals surface area (Å²) in [6.45, 7) is 1.93. The van der Waals surface area contributed by atoms with E-state index in [9.17, 15) is 4.79 Å². The van der Waals surface area contributed by atoms with Crippen LogP contribution in [0.3, 0.4) is 0 Å². The Morgan fingerprint density at radius 2 is 2.00 bits per heavy atom. The third-order valence-electron chi connectivity index (χ3n) is 2.61. The van der Waals surface area contributed by atoms with Gasteiger partial charge in [-0.1, -0.05) is 12.1 Å². The Bertz CT molecular complexity index is 352. The smallest absolute Gasteiger partial charge is 0.251 e. The number of hydrogen-bond donors (Lipinski definition) is 2. The van der Waals surface area contributed by atoms with Crippen LogP contribution in [-0.2, 0) is 0 Å². The third-order valence-corrected chi connectivity index (χ3v) is 2.61. The molecule has 0 bridgehead atoms. The molecule has 1 aromatic rings. The summed E-state index contributed by atoms with van der Waals surface area (Å²) in [5, 5.41) is 2.95. The molecule has 1 fully saturated rings. The van der Waals surface area contributed by atoms with Gasteiger partial charge in [0.2, 0.25) is 0 Å². The second-order valence-electron chi connectivity index (χ2n) is 4.16. The van der Waals surface area contributed by atoms with Gasteiger partial charge in [-0.2, -0.15) is 0 Å². The minimum absolute atomic E-state index is 0.0190. The van der Waals surface area contributed by atoms with Crippen molar-refractivity contribution in [3.05, 3.63) is 35.4 Å². The van der Waals surface area contributed by atoms with Crippen molar-refractivity contribution >= 4 is 5.91 Å². The molecule has 0 spiro atoms. The van der Waals surface area contributed by atoms with Crippen LogP contribution < -0.4 is 11.1 Å². The van der Waals surface area contributed by atoms with E-state index in [4.69, 9.17) is 5.73 Å². The fraction of sp³-hybridized carbons (Fsp3) is 0.417. The van der Waals surface area contributed by atoms with Gasteiger partial charge in [0.05, 0.1) is 0 Å². The highest BCUT2D eigenvalue weighted by Gasteiger charge is 2.23. The van der Waals surface area contributed by atoms with Gasteiger partial charge in [0.15, 0.2) is 0 Å². The average Bonchev–Trinajstić information content (AvgIpc) is 3.02. The summed E-state index contributed by atoms with van der Waals surface area (Å²) in [4.78, 5) is 11.6. The molecular weight excluding hydrogens is 188 g/mol. The third kappa shape index (κ3) is 2.57. The minimum atomic E-state index is 0.0190. The Morgan fingerprint density at radius 1 is 1.40 bits per heavy atom. The monoisotopic (exact) mass is 204 g/mol. The van der Waals surface area contributed by atoms with Crippen LogP contribution >= 0.6 is 0 Å². The Labute approximate surface area is 89.7 Å². The number of nitrogens with one attached hydrogen (secondary N) is 1. The molecular formula is C12H16N2O. The largest absolute Gasteiger partial charge is 0.349 e. The predicted octanol–water partition coefficient (Wildman–Crippen LogP) is 1.60. The molecule has 2 rings (SSSR count). The molecule has 0 heterocycles. The molecule has 1 atom stereocenters. The maximum absolute atomic E-state index is 11.6. The van der Waals surface area contributed by atoms with Crippen LogP contribution in [0.4, 0.5) is 0 Å². The van der Waals surface area contributed by atoms with Gasteiger partial charge in [-0.25, -0.2) is 0 Å². The molecule has 80 valence electrons. The Kier molecular flexibility index (Phi) is 2.73. The number of carbonyl (C=O) groups is 1. The van der Waals surface area contributed by atoms with Crippen LogP contribution in [0.15, 0.2) is 24.3 Å². The fourth-order valence-corrected chi connectivity index (χ4v) is 1.43. The van der Waals surface area contributed by atoms with E-state index in [0.717, 1.165) is 18.4 Å². The van der Waals surface area contributed by atoms with E-state index in [2.05, 4.69) is 5.32 Å². The molecule has 3 nitrogen and oxygen atoms in total. The second kappa shape index (κ2) is 4.03. The first-order chi connectivity index (χ1) is 7.16. The lowest BCUT2D eigenvalue weighted by molar-refractivity contribution is 0.0951. The molecule has 0 radical (unpaired) electrons. The summed E-state index contributed by atoms with van der Waals surface area (Å²) in [5.74, 6) is 0.0220. The standard InChI is InChI=1S/C12H16N2O/c1-8(13)9-2-4-10(5-3-9)12(15)14-11-6-7-11/h2-5,8,11H,6-7,13H2,1H3,(H,14,15). The summed E-state index contributed by atoms with van der Waals surface area (Å²) >= 11 is 0. The Hall–Kier alpha value is -1.35. The summed E-state index contributed by atoms with van der Waals surface area (Å²) in [6.07, 6.45) is 2.23. The molecule has 0 aliphatic heterocycles. The number of hydrogen-bond acceptors (Lipinski definition) is 2. The average molecular weight is 204 g/mol. The zero-order valence-corrected chi connectivity index (χ0v) is 8.86. The molecule has 1 amide bonds. The van der Waals surface area contributed by atoms with Crippen LogP contribution in [0.5, 0.6) is 0 Å². The van der Waals surface area contributed by atoms with Crippen molar-refractivity contribution in [2.24, 2.45) is 5.73 Å². The molecule has 15 heavy (non-hydrogen) atoms. The highest BCUT2D eigenvalue weighted by molar-refractivity contribution is 5.94. The molecule has 1 aliphatic rings. The van der Waals surface area contributed by atoms with E-state index in [1.807, 2.05) is 31.2 Å². The van der Waals surface area contributed by atoms with Crippen molar-refractivity contribution in [2.75, 3.05) is 0 Å². The maximum atomic E-state index is 11.6. The highest BCUT2D eigenvalue weighted by atomic mass is 16.1. The molecule has 3 heteroatoms. The molecule has 1 aromatic carbocycles. The van der Waals surface area contributed by atoms with Crippen molar-refractivity contribution in [3.8, 4) is 0 Å². The van der Waals surface area contributed by atoms with Crippen molar-refractivity contribution in [1.29, 1.82) is 0 Å². The number of carbonyl (C=O) groups excluding carboxylic acids is 1. The summed E-state index contributed by atoms with van der Waals surface area (Å²) in [5.41, 5.74) is 7.50. The quantitative estimate of drug-likeness (QED) is 0.785. The highest BCUT2D eigenvalue weighted by Crippen LogP contribution is 2.19. The predicted molar refractivity (Wildman–Crippen MR) is 59.5 cm³/mol. The van der Waals surface area contributed by atoms with Crippen molar-refractivity contribution < 1.29 is 4.79 Å². The van der Waals surface area contributed by atoms with E-state index in [1.165, 1.54) is 0 Å². The van der Waals surface area contributed by atoms with Crippen molar-refractivity contribution in [2.45, 2.75) is 31.8 Å². The topological polar surface area (TPSA) is 55.1 Å². The zero-order chi connectivity index (χ0) is 10.8. The number of benzene rings is 1. The van der Waals surface area contributed by atoms with E-state index in [1.54, 1.807) is 0 Å². The lowest BCUT2D eigenvalue weighted by Crippen LogP contribution is -2.25. The van der Waals surface area contributed by atoms with E-state index < -0.39 is 0 Å². The van der Waals surface area contributed by atoms with Crippen molar-refractivity contribution in [3.63, 3.8) is 0 Å². The minimum Gasteiger partial charge on any atom is -0.349 e. The number of amides is 1. The summed E-state index contributed by atoms with van der Waals surface area (Å²) in [6, 6.07) is 7.90. The van der Waals surface area contributed by atoms with Gasteiger partial charge >= 0.3 is 0 Å². The second-order valence-corrected chi connectivity index (χ2v) is 4.16.